The van der Waals surface area contributed by atoms with Crippen molar-refractivity contribution < 1.29 is 19.0 Å². The molecular formula is C15H15FO3. The van der Waals surface area contributed by atoms with E-state index in [9.17, 15) is 9.50 Å². The van der Waals surface area contributed by atoms with Gasteiger partial charge in [0.15, 0.2) is 0 Å². The molecule has 0 aliphatic carbocycles. The number of halogens is 1. The molecule has 4 heteroatoms. The van der Waals surface area contributed by atoms with E-state index < -0.39 is 0 Å². The smallest absolute Gasteiger partial charge is 0.133 e. The van der Waals surface area contributed by atoms with Crippen molar-refractivity contribution in [3.8, 4) is 17.2 Å². The van der Waals surface area contributed by atoms with Crippen molar-refractivity contribution in [3.05, 3.63) is 53.3 Å². The minimum absolute atomic E-state index is 0.0960. The number of phenols is 1. The largest absolute Gasteiger partial charge is 0.508 e. The molecule has 0 saturated heterocycles. The maximum absolute atomic E-state index is 13.7. The normalized spacial score (nSPS) is 10.3. The van der Waals surface area contributed by atoms with Crippen molar-refractivity contribution in [3.63, 3.8) is 0 Å². The highest BCUT2D eigenvalue weighted by Gasteiger charge is 2.05. The van der Waals surface area contributed by atoms with E-state index in [1.807, 2.05) is 6.92 Å². The van der Waals surface area contributed by atoms with Gasteiger partial charge < -0.3 is 14.6 Å². The maximum atomic E-state index is 13.7. The van der Waals surface area contributed by atoms with E-state index in [1.165, 1.54) is 19.2 Å². The topological polar surface area (TPSA) is 38.7 Å². The predicted octanol–water partition coefficient (Wildman–Crippen LogP) is 3.43. The number of hydrogen-bond donors (Lipinski definition) is 1. The first-order chi connectivity index (χ1) is 9.08. The van der Waals surface area contributed by atoms with Gasteiger partial charge >= 0.3 is 0 Å². The second-order valence-electron chi connectivity index (χ2n) is 4.25. The van der Waals surface area contributed by atoms with Crippen LogP contribution in [0.2, 0.25) is 0 Å². The highest BCUT2D eigenvalue weighted by atomic mass is 19.1. The highest BCUT2D eigenvalue weighted by molar-refractivity contribution is 5.37. The maximum Gasteiger partial charge on any atom is 0.133 e. The van der Waals surface area contributed by atoms with Crippen molar-refractivity contribution in [1.29, 1.82) is 0 Å². The summed E-state index contributed by atoms with van der Waals surface area (Å²) >= 11 is 0. The molecule has 0 aliphatic heterocycles. The van der Waals surface area contributed by atoms with Gasteiger partial charge in [-0.3, -0.25) is 0 Å². The van der Waals surface area contributed by atoms with Gasteiger partial charge in [0.1, 0.15) is 29.7 Å². The van der Waals surface area contributed by atoms with Gasteiger partial charge in [-0.05, 0) is 36.8 Å². The molecule has 0 heterocycles. The summed E-state index contributed by atoms with van der Waals surface area (Å²) < 4.78 is 24.1. The molecule has 100 valence electrons. The van der Waals surface area contributed by atoms with Crippen LogP contribution < -0.4 is 9.47 Å². The van der Waals surface area contributed by atoms with Gasteiger partial charge in [0.05, 0.1) is 7.11 Å². The molecule has 0 aromatic heterocycles. The Kier molecular flexibility index (Phi) is 3.90. The third-order valence-electron chi connectivity index (χ3n) is 2.69. The van der Waals surface area contributed by atoms with Gasteiger partial charge in [0.2, 0.25) is 0 Å². The van der Waals surface area contributed by atoms with E-state index in [2.05, 4.69) is 0 Å². The molecule has 3 nitrogen and oxygen atoms in total. The third kappa shape index (κ3) is 3.37. The van der Waals surface area contributed by atoms with Gasteiger partial charge in [-0.25, -0.2) is 4.39 Å². The average Bonchev–Trinajstić information content (AvgIpc) is 2.36. The lowest BCUT2D eigenvalue weighted by atomic mass is 10.2. The SMILES string of the molecule is COc1ccc(COc2cc(C)cc(O)c2)c(F)c1. The van der Waals surface area contributed by atoms with Gasteiger partial charge in [0, 0.05) is 17.7 Å². The fourth-order valence-electron chi connectivity index (χ4n) is 1.74. The fraction of sp³-hybridized carbons (Fsp3) is 0.200. The highest BCUT2D eigenvalue weighted by Crippen LogP contribution is 2.23. The van der Waals surface area contributed by atoms with Crippen molar-refractivity contribution in [2.75, 3.05) is 7.11 Å². The number of aromatic hydroxyl groups is 1. The molecule has 0 radical (unpaired) electrons. The molecular weight excluding hydrogens is 247 g/mol. The molecule has 0 bridgehead atoms. The van der Waals surface area contributed by atoms with E-state index in [0.29, 0.717) is 17.1 Å². The first-order valence-corrected chi connectivity index (χ1v) is 5.84. The van der Waals surface area contributed by atoms with Crippen LogP contribution in [0.3, 0.4) is 0 Å². The lowest BCUT2D eigenvalue weighted by molar-refractivity contribution is 0.297. The molecule has 0 unspecified atom stereocenters. The van der Waals surface area contributed by atoms with Gasteiger partial charge in [-0.1, -0.05) is 0 Å². The van der Waals surface area contributed by atoms with E-state index in [1.54, 1.807) is 24.3 Å². The van der Waals surface area contributed by atoms with Gasteiger partial charge in [-0.15, -0.1) is 0 Å². The molecule has 1 N–H and O–H groups in total. The Hall–Kier alpha value is -2.23. The Labute approximate surface area is 111 Å². The summed E-state index contributed by atoms with van der Waals surface area (Å²) in [5, 5.41) is 9.44. The molecule has 0 amide bonds. The van der Waals surface area contributed by atoms with E-state index in [-0.39, 0.29) is 18.2 Å². The van der Waals surface area contributed by atoms with Crippen LogP contribution in [0.1, 0.15) is 11.1 Å². The second kappa shape index (κ2) is 5.61. The zero-order chi connectivity index (χ0) is 13.8. The van der Waals surface area contributed by atoms with Crippen molar-refractivity contribution in [2.45, 2.75) is 13.5 Å². The number of benzene rings is 2. The predicted molar refractivity (Wildman–Crippen MR) is 70.1 cm³/mol. The summed E-state index contributed by atoms with van der Waals surface area (Å²) in [4.78, 5) is 0. The van der Waals surface area contributed by atoms with Crippen LogP contribution >= 0.6 is 0 Å². The van der Waals surface area contributed by atoms with E-state index >= 15 is 0 Å². The van der Waals surface area contributed by atoms with Crippen LogP contribution in [-0.2, 0) is 6.61 Å². The lowest BCUT2D eigenvalue weighted by Crippen LogP contribution is -1.99. The number of rotatable bonds is 4. The first-order valence-electron chi connectivity index (χ1n) is 5.84. The third-order valence-corrected chi connectivity index (χ3v) is 2.69. The molecule has 0 aliphatic rings. The Morgan fingerprint density at radius 3 is 2.53 bits per heavy atom. The van der Waals surface area contributed by atoms with Crippen LogP contribution in [0.15, 0.2) is 36.4 Å². The standard InChI is InChI=1S/C15H15FO3/c1-10-5-12(17)7-14(6-10)19-9-11-3-4-13(18-2)8-15(11)16/h3-8,17H,9H2,1-2H3. The van der Waals surface area contributed by atoms with Crippen molar-refractivity contribution >= 4 is 0 Å². The van der Waals surface area contributed by atoms with Gasteiger partial charge in [0.25, 0.3) is 0 Å². The number of methoxy groups -OCH3 is 1. The minimum Gasteiger partial charge on any atom is -0.508 e. The van der Waals surface area contributed by atoms with E-state index in [0.717, 1.165) is 5.56 Å². The monoisotopic (exact) mass is 262 g/mol. The van der Waals surface area contributed by atoms with Crippen LogP contribution in [0.25, 0.3) is 0 Å². The first kappa shape index (κ1) is 13.2. The Balaban J connectivity index is 2.10. The minimum atomic E-state index is -0.378. The Morgan fingerprint density at radius 2 is 1.89 bits per heavy atom. The number of ether oxygens (including phenoxy) is 2. The zero-order valence-electron chi connectivity index (χ0n) is 10.8. The Morgan fingerprint density at radius 1 is 1.11 bits per heavy atom. The Bertz CT molecular complexity index is 561. The summed E-state index contributed by atoms with van der Waals surface area (Å²) in [5.41, 5.74) is 1.31. The van der Waals surface area contributed by atoms with Crippen molar-refractivity contribution in [1.82, 2.24) is 0 Å². The molecule has 0 atom stereocenters. The van der Waals surface area contributed by atoms with Crippen LogP contribution in [0.4, 0.5) is 4.39 Å². The van der Waals surface area contributed by atoms with E-state index in [4.69, 9.17) is 9.47 Å². The molecule has 2 aromatic carbocycles. The van der Waals surface area contributed by atoms with Crippen LogP contribution in [-0.4, -0.2) is 12.2 Å². The average molecular weight is 262 g/mol. The summed E-state index contributed by atoms with van der Waals surface area (Å²) in [6, 6.07) is 9.50. The number of aryl methyl sites for hydroxylation is 1. The molecule has 2 rings (SSSR count). The zero-order valence-corrected chi connectivity index (χ0v) is 10.8. The number of phenolic OH excluding ortho intramolecular Hbond substituents is 1. The summed E-state index contributed by atoms with van der Waals surface area (Å²) in [7, 11) is 1.49. The molecule has 0 saturated carbocycles. The van der Waals surface area contributed by atoms with Gasteiger partial charge in [-0.2, -0.15) is 0 Å². The van der Waals surface area contributed by atoms with Crippen LogP contribution in [0.5, 0.6) is 17.2 Å². The fourth-order valence-corrected chi connectivity index (χ4v) is 1.74. The number of hydrogen-bond acceptors (Lipinski definition) is 3. The van der Waals surface area contributed by atoms with Crippen LogP contribution in [0, 0.1) is 12.7 Å². The van der Waals surface area contributed by atoms with Crippen molar-refractivity contribution in [2.24, 2.45) is 0 Å². The summed E-state index contributed by atoms with van der Waals surface area (Å²) in [6.45, 7) is 1.94. The second-order valence-corrected chi connectivity index (χ2v) is 4.25. The lowest BCUT2D eigenvalue weighted by Gasteiger charge is -2.09. The molecule has 0 fully saturated rings. The molecule has 19 heavy (non-hydrogen) atoms. The summed E-state index contributed by atoms with van der Waals surface area (Å²) in [5.74, 6) is 0.726. The quantitative estimate of drug-likeness (QED) is 0.917. The molecule has 2 aromatic rings. The molecule has 0 spiro atoms. The summed E-state index contributed by atoms with van der Waals surface area (Å²) in [6.07, 6.45) is 0.